The van der Waals surface area contributed by atoms with Gasteiger partial charge in [-0.3, -0.25) is 0 Å². The van der Waals surface area contributed by atoms with E-state index in [0.29, 0.717) is 0 Å². The van der Waals surface area contributed by atoms with E-state index in [1.807, 2.05) is 0 Å². The van der Waals surface area contributed by atoms with Crippen LogP contribution in [0.1, 0.15) is 25.7 Å². The highest BCUT2D eigenvalue weighted by Crippen LogP contribution is 2.12. The van der Waals surface area contributed by atoms with Gasteiger partial charge in [-0.15, -0.1) is 5.79 Å². The second kappa shape index (κ2) is 6.02. The second-order valence-electron chi connectivity index (χ2n) is 4.40. The van der Waals surface area contributed by atoms with Gasteiger partial charge in [0.1, 0.15) is 0 Å². The molecule has 12 heavy (non-hydrogen) atoms. The fraction of sp³-hybridized carbons (Fsp3) is 1.00. The summed E-state index contributed by atoms with van der Waals surface area (Å²) < 4.78 is 0. The Bertz CT molecular complexity index is 90.4. The molecule has 0 aliphatic carbocycles. The zero-order valence-corrected chi connectivity index (χ0v) is 9.84. The Hall–Kier alpha value is 0.492. The van der Waals surface area contributed by atoms with Gasteiger partial charge in [0.2, 0.25) is 0 Å². The highest BCUT2D eigenvalue weighted by molar-refractivity contribution is 6.57. The van der Waals surface area contributed by atoms with Crippen molar-refractivity contribution in [3.63, 3.8) is 0 Å². The molecule has 0 amide bonds. The van der Waals surface area contributed by atoms with Gasteiger partial charge in [0.05, 0.1) is 0 Å². The lowest BCUT2D eigenvalue weighted by molar-refractivity contribution is 0.320. The van der Waals surface area contributed by atoms with E-state index in [4.69, 9.17) is 0 Å². The van der Waals surface area contributed by atoms with Gasteiger partial charge in [-0.2, -0.15) is 0 Å². The monoisotopic (exact) mass is 183 g/mol. The highest BCUT2D eigenvalue weighted by atomic mass is 27.2. The van der Waals surface area contributed by atoms with Gasteiger partial charge in [-0.05, 0) is 33.0 Å². The first-order valence-electron chi connectivity index (χ1n) is 5.47. The molecule has 1 aliphatic heterocycles. The maximum Gasteiger partial charge on any atom is 0.258 e. The van der Waals surface area contributed by atoms with E-state index < -0.39 is 0 Å². The van der Waals surface area contributed by atoms with Gasteiger partial charge < -0.3 is 4.90 Å². The van der Waals surface area contributed by atoms with Gasteiger partial charge in [0.25, 0.3) is 14.1 Å². The molecule has 0 aromatic rings. The van der Waals surface area contributed by atoms with Crippen LogP contribution in [0.4, 0.5) is 0 Å². The van der Waals surface area contributed by atoms with Crippen LogP contribution in [-0.4, -0.2) is 39.2 Å². The first kappa shape index (κ1) is 10.6. The van der Waals surface area contributed by atoms with Crippen molar-refractivity contribution in [2.45, 2.75) is 42.0 Å². The lowest BCUT2D eigenvalue weighted by Crippen LogP contribution is -2.22. The Kier molecular flexibility index (Phi) is 5.31. The summed E-state index contributed by atoms with van der Waals surface area (Å²) in [6.07, 6.45) is 5.87. The molecule has 1 heterocycles. The number of nitrogens with zero attached hydrogens (tertiary/aromatic N) is 1. The molecule has 0 saturated carbocycles. The normalized spacial score (nSPS) is 24.0. The van der Waals surface area contributed by atoms with Crippen molar-refractivity contribution < 1.29 is 0 Å². The van der Waals surface area contributed by atoms with E-state index >= 15 is 0 Å². The van der Waals surface area contributed by atoms with Gasteiger partial charge >= 0.3 is 0 Å². The summed E-state index contributed by atoms with van der Waals surface area (Å²) in [5.74, 6) is 2.55. The predicted molar refractivity (Wildman–Crippen MR) is 57.2 cm³/mol. The fourth-order valence-electron chi connectivity index (χ4n) is 2.01. The van der Waals surface area contributed by atoms with E-state index in [9.17, 15) is 0 Å². The molecule has 1 fully saturated rings. The molecule has 0 aromatic carbocycles. The Morgan fingerprint density at radius 2 is 1.42 bits per heavy atom. The van der Waals surface area contributed by atoms with Crippen molar-refractivity contribution in [2.24, 2.45) is 0 Å². The molecule has 1 aliphatic rings. The minimum Gasteiger partial charge on any atom is -0.306 e. The van der Waals surface area contributed by atoms with E-state index in [-0.39, 0.29) is 14.1 Å². The summed E-state index contributed by atoms with van der Waals surface area (Å²) >= 11 is -0.256. The van der Waals surface area contributed by atoms with Crippen molar-refractivity contribution >= 4 is 14.1 Å². The number of hydrogen-bond acceptors (Lipinski definition) is 1. The lowest BCUT2D eigenvalue weighted by Gasteiger charge is -2.18. The van der Waals surface area contributed by atoms with Crippen LogP contribution in [0, 0.1) is 0 Å². The summed E-state index contributed by atoms with van der Waals surface area (Å²) in [4.78, 5) is 2.50. The fourth-order valence-corrected chi connectivity index (χ4v) is 4.27. The molecule has 1 saturated heterocycles. The number of hydrogen-bond donors (Lipinski definition) is 0. The average Bonchev–Trinajstić information content (AvgIpc) is 2.06. The van der Waals surface area contributed by atoms with Crippen LogP contribution in [0.3, 0.4) is 0 Å². The minimum absolute atomic E-state index is 0.256. The zero-order chi connectivity index (χ0) is 8.81. The quantitative estimate of drug-likeness (QED) is 0.522. The molecular weight excluding hydrogens is 161 g/mol. The molecule has 1 nitrogen and oxygen atoms in total. The van der Waals surface area contributed by atoms with Crippen LogP contribution < -0.4 is 0 Å². The van der Waals surface area contributed by atoms with Crippen LogP contribution in [0.5, 0.6) is 0 Å². The zero-order valence-electron chi connectivity index (χ0n) is 8.68. The first-order chi connectivity index (χ1) is 5.79. The summed E-state index contributed by atoms with van der Waals surface area (Å²) in [5.41, 5.74) is 0. The van der Waals surface area contributed by atoms with Crippen LogP contribution >= 0.6 is 0 Å². The third kappa shape index (κ3) is 4.50. The Morgan fingerprint density at radius 3 is 1.92 bits per heavy atom. The van der Waals surface area contributed by atoms with Gasteiger partial charge in [-0.1, -0.05) is 23.4 Å². The van der Waals surface area contributed by atoms with E-state index in [1.165, 1.54) is 38.8 Å². The molecule has 0 aromatic heterocycles. The standard InChI is InChI=1S/C9H19N.CH3.Al/c1-4-6-8-10(3)9-7-5-2;;/h1-2,4-9H2,3H3;1H3;. The van der Waals surface area contributed by atoms with Crippen molar-refractivity contribution in [2.75, 3.05) is 20.1 Å². The minimum atomic E-state index is -0.256. The molecule has 2 heteroatoms. The predicted octanol–water partition coefficient (Wildman–Crippen LogP) is 2.62. The van der Waals surface area contributed by atoms with Crippen LogP contribution in [0.2, 0.25) is 16.4 Å². The number of rotatable bonds is 0. The van der Waals surface area contributed by atoms with Gasteiger partial charge in [-0.25, -0.2) is 0 Å². The van der Waals surface area contributed by atoms with Crippen LogP contribution in [0.15, 0.2) is 0 Å². The molecule has 0 unspecified atom stereocenters. The van der Waals surface area contributed by atoms with Crippen LogP contribution in [0.25, 0.3) is 0 Å². The van der Waals surface area contributed by atoms with Crippen LogP contribution in [-0.2, 0) is 0 Å². The maximum absolute atomic E-state index is 2.55. The van der Waals surface area contributed by atoms with E-state index in [1.54, 1.807) is 10.6 Å². The molecule has 0 atom stereocenters. The summed E-state index contributed by atoms with van der Waals surface area (Å²) in [5, 5.41) is 3.18. The largest absolute Gasteiger partial charge is 0.306 e. The average molecular weight is 183 g/mol. The van der Waals surface area contributed by atoms with Crippen molar-refractivity contribution in [3.05, 3.63) is 0 Å². The third-order valence-corrected chi connectivity index (χ3v) is 5.76. The molecule has 1 rings (SSSR count). The molecule has 0 spiro atoms. The molecule has 0 radical (unpaired) electrons. The second-order valence-corrected chi connectivity index (χ2v) is 7.77. The Morgan fingerprint density at radius 1 is 0.917 bits per heavy atom. The van der Waals surface area contributed by atoms with E-state index in [0.717, 1.165) is 0 Å². The highest BCUT2D eigenvalue weighted by Gasteiger charge is 2.11. The van der Waals surface area contributed by atoms with Crippen molar-refractivity contribution in [3.8, 4) is 0 Å². The van der Waals surface area contributed by atoms with Gasteiger partial charge in [0.15, 0.2) is 0 Å². The molecule has 0 N–H and O–H groups in total. The molecular formula is C10H22AlN. The lowest BCUT2D eigenvalue weighted by atomic mass is 10.3. The smallest absolute Gasteiger partial charge is 0.258 e. The maximum atomic E-state index is 2.55. The topological polar surface area (TPSA) is 3.24 Å². The Labute approximate surface area is 81.5 Å². The third-order valence-electron chi connectivity index (χ3n) is 2.97. The van der Waals surface area contributed by atoms with Crippen molar-refractivity contribution in [1.29, 1.82) is 0 Å². The molecule has 70 valence electrons. The summed E-state index contributed by atoms with van der Waals surface area (Å²) in [6, 6.07) is 0. The first-order valence-corrected chi connectivity index (χ1v) is 8.26. The SMILES string of the molecule is CN1CCC[CH2][Al]([CH3])[CH2]CCC1. The molecule has 0 bridgehead atoms. The van der Waals surface area contributed by atoms with Gasteiger partial charge in [0, 0.05) is 0 Å². The Balaban J connectivity index is 2.20. The van der Waals surface area contributed by atoms with E-state index in [2.05, 4.69) is 17.7 Å². The summed E-state index contributed by atoms with van der Waals surface area (Å²) in [6.45, 7) is 2.67. The summed E-state index contributed by atoms with van der Waals surface area (Å²) in [7, 11) is 2.27. The van der Waals surface area contributed by atoms with Crippen molar-refractivity contribution in [1.82, 2.24) is 4.90 Å².